The van der Waals surface area contributed by atoms with Crippen LogP contribution in [0.3, 0.4) is 0 Å². The Bertz CT molecular complexity index is 343. The Morgan fingerprint density at radius 3 is 1.26 bits per heavy atom. The van der Waals surface area contributed by atoms with Gasteiger partial charge in [0.1, 0.15) is 0 Å². The van der Waals surface area contributed by atoms with Crippen LogP contribution in [-0.2, 0) is 9.47 Å². The highest BCUT2D eigenvalue weighted by atomic mass is 16.5. The van der Waals surface area contributed by atoms with Crippen molar-refractivity contribution in [3.05, 3.63) is 0 Å². The molecule has 0 bridgehead atoms. The van der Waals surface area contributed by atoms with E-state index < -0.39 is 0 Å². The molecule has 0 radical (unpaired) electrons. The first kappa shape index (κ1) is 26.8. The monoisotopic (exact) mass is 386 g/mol. The molecule has 0 rings (SSSR count). The van der Waals surface area contributed by atoms with Gasteiger partial charge < -0.3 is 20.9 Å². The molecule has 0 unspecified atom stereocenters. The maximum atomic E-state index is 6.04. The van der Waals surface area contributed by atoms with E-state index in [0.29, 0.717) is 51.4 Å². The largest absolute Gasteiger partial charge is 0.379 e. The van der Waals surface area contributed by atoms with Crippen molar-refractivity contribution >= 4 is 0 Å². The summed E-state index contributed by atoms with van der Waals surface area (Å²) in [4.78, 5) is 0. The van der Waals surface area contributed by atoms with Crippen molar-refractivity contribution in [2.24, 2.45) is 39.5 Å². The van der Waals surface area contributed by atoms with Gasteiger partial charge in [0.25, 0.3) is 0 Å². The standard InChI is InChI=1S/C23H50N2O2/c1-19(2)13-21(5,6)15-23(17-26-11-9-24,18-27-12-10-25)16-22(7,8)14-20(3)4/h19-20H,9-18,24-25H2,1-8H3. The molecule has 0 heterocycles. The van der Waals surface area contributed by atoms with Gasteiger partial charge in [-0.05, 0) is 48.3 Å². The number of hydrogen-bond acceptors (Lipinski definition) is 4. The first-order valence-corrected chi connectivity index (χ1v) is 10.9. The van der Waals surface area contributed by atoms with Crippen molar-refractivity contribution in [2.75, 3.05) is 39.5 Å². The summed E-state index contributed by atoms with van der Waals surface area (Å²) in [5.74, 6) is 1.35. The molecule has 0 atom stereocenters. The van der Waals surface area contributed by atoms with E-state index in [1.807, 2.05) is 0 Å². The quantitative estimate of drug-likeness (QED) is 0.372. The molecule has 0 aromatic rings. The van der Waals surface area contributed by atoms with Gasteiger partial charge in [-0.2, -0.15) is 0 Å². The van der Waals surface area contributed by atoms with Gasteiger partial charge in [0, 0.05) is 18.5 Å². The fourth-order valence-corrected chi connectivity index (χ4v) is 5.44. The normalized spacial score (nSPS) is 13.8. The zero-order valence-corrected chi connectivity index (χ0v) is 19.7. The Morgan fingerprint density at radius 1 is 0.667 bits per heavy atom. The molecule has 27 heavy (non-hydrogen) atoms. The minimum atomic E-state index is -0.0128. The van der Waals surface area contributed by atoms with Crippen LogP contribution in [0, 0.1) is 28.1 Å². The van der Waals surface area contributed by atoms with Crippen molar-refractivity contribution in [3.8, 4) is 0 Å². The van der Waals surface area contributed by atoms with E-state index in [9.17, 15) is 0 Å². The zero-order chi connectivity index (χ0) is 21.1. The van der Waals surface area contributed by atoms with Gasteiger partial charge in [-0.25, -0.2) is 0 Å². The Morgan fingerprint density at radius 2 is 1.00 bits per heavy atom. The first-order chi connectivity index (χ1) is 12.4. The summed E-state index contributed by atoms with van der Waals surface area (Å²) in [6, 6.07) is 0. The van der Waals surface area contributed by atoms with Gasteiger partial charge in [0.05, 0.1) is 26.4 Å². The number of rotatable bonds is 16. The van der Waals surface area contributed by atoms with Crippen LogP contribution >= 0.6 is 0 Å². The summed E-state index contributed by atoms with van der Waals surface area (Å²) in [5.41, 5.74) is 11.8. The lowest BCUT2D eigenvalue weighted by Gasteiger charge is -2.45. The summed E-state index contributed by atoms with van der Waals surface area (Å²) in [6.07, 6.45) is 4.59. The molecular formula is C23H50N2O2. The molecule has 0 amide bonds. The van der Waals surface area contributed by atoms with Gasteiger partial charge >= 0.3 is 0 Å². The Labute approximate surface area is 170 Å². The third-order valence-corrected chi connectivity index (χ3v) is 4.97. The predicted molar refractivity (Wildman–Crippen MR) is 118 cm³/mol. The van der Waals surface area contributed by atoms with Gasteiger partial charge in [-0.1, -0.05) is 55.4 Å². The van der Waals surface area contributed by atoms with Crippen LogP contribution in [0.4, 0.5) is 0 Å². The average molecular weight is 387 g/mol. The lowest BCUT2D eigenvalue weighted by molar-refractivity contribution is -0.0681. The zero-order valence-electron chi connectivity index (χ0n) is 19.7. The van der Waals surface area contributed by atoms with E-state index in [1.54, 1.807) is 0 Å². The van der Waals surface area contributed by atoms with Gasteiger partial charge in [0.15, 0.2) is 0 Å². The van der Waals surface area contributed by atoms with E-state index >= 15 is 0 Å². The van der Waals surface area contributed by atoms with E-state index in [4.69, 9.17) is 20.9 Å². The summed E-state index contributed by atoms with van der Waals surface area (Å²) in [7, 11) is 0. The van der Waals surface area contributed by atoms with E-state index in [2.05, 4.69) is 55.4 Å². The molecule has 0 aromatic carbocycles. The highest BCUT2D eigenvalue weighted by molar-refractivity contribution is 4.91. The minimum absolute atomic E-state index is 0.0128. The Hall–Kier alpha value is -0.160. The Kier molecular flexibility index (Phi) is 12.3. The molecule has 4 nitrogen and oxygen atoms in total. The Balaban J connectivity index is 5.61. The van der Waals surface area contributed by atoms with Crippen molar-refractivity contribution in [1.29, 1.82) is 0 Å². The van der Waals surface area contributed by atoms with E-state index in [1.165, 1.54) is 12.8 Å². The second-order valence-corrected chi connectivity index (χ2v) is 11.1. The lowest BCUT2D eigenvalue weighted by atomic mass is 9.63. The molecule has 0 aliphatic rings. The maximum absolute atomic E-state index is 6.04. The van der Waals surface area contributed by atoms with Crippen LogP contribution in [0.15, 0.2) is 0 Å². The molecule has 164 valence electrons. The number of ether oxygens (including phenoxy) is 2. The smallest absolute Gasteiger partial charge is 0.0589 e. The number of hydrogen-bond donors (Lipinski definition) is 2. The molecule has 0 saturated carbocycles. The lowest BCUT2D eigenvalue weighted by Crippen LogP contribution is -2.42. The topological polar surface area (TPSA) is 70.5 Å². The molecule has 4 N–H and O–H groups in total. The first-order valence-electron chi connectivity index (χ1n) is 10.9. The van der Waals surface area contributed by atoms with Crippen LogP contribution in [0.1, 0.15) is 81.1 Å². The highest BCUT2D eigenvalue weighted by Crippen LogP contribution is 2.47. The summed E-state index contributed by atoms with van der Waals surface area (Å²) < 4.78 is 12.1. The average Bonchev–Trinajstić information content (AvgIpc) is 2.43. The molecule has 0 aliphatic heterocycles. The van der Waals surface area contributed by atoms with Crippen molar-refractivity contribution in [2.45, 2.75) is 81.1 Å². The molecule has 0 saturated heterocycles. The van der Waals surface area contributed by atoms with Crippen molar-refractivity contribution in [3.63, 3.8) is 0 Å². The second-order valence-electron chi connectivity index (χ2n) is 11.1. The summed E-state index contributed by atoms with van der Waals surface area (Å²) in [5, 5.41) is 0. The molecular weight excluding hydrogens is 336 g/mol. The van der Waals surface area contributed by atoms with Gasteiger partial charge in [-0.3, -0.25) is 0 Å². The van der Waals surface area contributed by atoms with Crippen molar-refractivity contribution < 1.29 is 9.47 Å². The van der Waals surface area contributed by atoms with E-state index in [-0.39, 0.29) is 16.2 Å². The van der Waals surface area contributed by atoms with Crippen LogP contribution in [0.25, 0.3) is 0 Å². The second kappa shape index (κ2) is 12.4. The predicted octanol–water partition coefficient (Wildman–Crippen LogP) is 4.85. The fourth-order valence-electron chi connectivity index (χ4n) is 5.44. The summed E-state index contributed by atoms with van der Waals surface area (Å²) in [6.45, 7) is 22.5. The highest BCUT2D eigenvalue weighted by Gasteiger charge is 2.41. The number of nitrogens with two attached hydrogens (primary N) is 2. The molecule has 4 heteroatoms. The van der Waals surface area contributed by atoms with Crippen LogP contribution in [-0.4, -0.2) is 39.5 Å². The third-order valence-electron chi connectivity index (χ3n) is 4.97. The minimum Gasteiger partial charge on any atom is -0.379 e. The van der Waals surface area contributed by atoms with Crippen LogP contribution in [0.5, 0.6) is 0 Å². The van der Waals surface area contributed by atoms with Gasteiger partial charge in [-0.15, -0.1) is 0 Å². The van der Waals surface area contributed by atoms with Gasteiger partial charge in [0.2, 0.25) is 0 Å². The maximum Gasteiger partial charge on any atom is 0.0589 e. The third kappa shape index (κ3) is 12.8. The molecule has 0 aromatic heterocycles. The van der Waals surface area contributed by atoms with Crippen LogP contribution in [0.2, 0.25) is 0 Å². The van der Waals surface area contributed by atoms with Crippen molar-refractivity contribution in [1.82, 2.24) is 0 Å². The van der Waals surface area contributed by atoms with Crippen LogP contribution < -0.4 is 11.5 Å². The summed E-state index contributed by atoms with van der Waals surface area (Å²) >= 11 is 0. The SMILES string of the molecule is CC(C)CC(C)(C)CC(COCCN)(COCCN)CC(C)(C)CC(C)C. The molecule has 0 spiro atoms. The van der Waals surface area contributed by atoms with E-state index in [0.717, 1.165) is 12.8 Å². The fraction of sp³-hybridized carbons (Fsp3) is 1.00. The molecule has 0 aliphatic carbocycles. The molecule has 0 fully saturated rings.